The smallest absolute Gasteiger partial charge is 0.288 e. The summed E-state index contributed by atoms with van der Waals surface area (Å²) in [5.74, 6) is -0.833. The fourth-order valence-corrected chi connectivity index (χ4v) is 5.92. The van der Waals surface area contributed by atoms with Crippen molar-refractivity contribution < 1.29 is 19.2 Å². The van der Waals surface area contributed by atoms with Gasteiger partial charge in [0.25, 0.3) is 11.6 Å². The predicted molar refractivity (Wildman–Crippen MR) is 144 cm³/mol. The first-order chi connectivity index (χ1) is 17.7. The molecule has 1 atom stereocenters. The summed E-state index contributed by atoms with van der Waals surface area (Å²) < 4.78 is 5.14. The molecule has 194 valence electrons. The molecule has 0 spiro atoms. The summed E-state index contributed by atoms with van der Waals surface area (Å²) >= 11 is 20.2. The highest BCUT2D eigenvalue weighted by Crippen LogP contribution is 2.41. The summed E-state index contributed by atoms with van der Waals surface area (Å²) in [5, 5.41) is 14.1. The number of hydrogen-bond acceptors (Lipinski definition) is 6. The van der Waals surface area contributed by atoms with Crippen LogP contribution in [0.5, 0.6) is 0 Å². The van der Waals surface area contributed by atoms with E-state index in [9.17, 15) is 19.7 Å². The summed E-state index contributed by atoms with van der Waals surface area (Å²) in [6, 6.07) is 10.5. The molecule has 2 heterocycles. The lowest BCUT2D eigenvalue weighted by Gasteiger charge is -2.38. The van der Waals surface area contributed by atoms with Crippen LogP contribution in [0.15, 0.2) is 47.8 Å². The number of nitro groups is 1. The van der Waals surface area contributed by atoms with Crippen LogP contribution >= 0.6 is 46.1 Å². The van der Waals surface area contributed by atoms with Crippen LogP contribution in [0.2, 0.25) is 15.1 Å². The minimum Gasteiger partial charge on any atom is -0.383 e. The topological polar surface area (TPSA) is 93.0 Å². The van der Waals surface area contributed by atoms with Crippen LogP contribution in [0, 0.1) is 10.1 Å². The average Bonchev–Trinajstić information content (AvgIpc) is 3.35. The number of fused-ring (bicyclic) bond motifs is 1. The highest BCUT2D eigenvalue weighted by atomic mass is 35.5. The van der Waals surface area contributed by atoms with E-state index in [-0.39, 0.29) is 41.9 Å². The van der Waals surface area contributed by atoms with Crippen molar-refractivity contribution in [1.82, 2.24) is 9.80 Å². The van der Waals surface area contributed by atoms with Gasteiger partial charge in [-0.1, -0.05) is 40.9 Å². The first-order valence-electron chi connectivity index (χ1n) is 11.2. The van der Waals surface area contributed by atoms with Gasteiger partial charge in [-0.2, -0.15) is 0 Å². The number of carbonyl (C=O) groups is 2. The number of carbonyl (C=O) groups excluding carboxylic acids is 2. The molecule has 0 N–H and O–H groups in total. The number of thiophene rings is 1. The molecule has 2 amide bonds. The summed E-state index contributed by atoms with van der Waals surface area (Å²) in [5.41, 5.74) is 1.39. The molecule has 0 saturated carbocycles. The molecule has 1 aliphatic rings. The van der Waals surface area contributed by atoms with Crippen LogP contribution in [0.25, 0.3) is 0 Å². The Bertz CT molecular complexity index is 1350. The lowest BCUT2D eigenvalue weighted by atomic mass is 9.93. The SMILES string of the molecule is COCCN(CC(=O)N1CCc2sccc2C1c1ccc(Cl)cc1Cl)C(=O)c1ccc(Cl)c([N+](=O)[O-])c1. The molecule has 1 unspecified atom stereocenters. The number of amides is 2. The van der Waals surface area contributed by atoms with Gasteiger partial charge in [0.05, 0.1) is 17.6 Å². The van der Waals surface area contributed by atoms with Crippen molar-refractivity contribution in [3.8, 4) is 0 Å². The van der Waals surface area contributed by atoms with Gasteiger partial charge >= 0.3 is 0 Å². The Kier molecular flexibility index (Phi) is 8.71. The standard InChI is InChI=1S/C25H22Cl3N3O5S/c1-36-10-9-29(25(33)15-2-5-19(27)21(12-15)31(34)35)14-23(32)30-8-6-22-18(7-11-37-22)24(30)17-4-3-16(26)13-20(17)28/h2-5,7,11-13,24H,6,8-10,14H2,1H3. The zero-order chi connectivity index (χ0) is 26.7. The summed E-state index contributed by atoms with van der Waals surface area (Å²) in [7, 11) is 1.49. The van der Waals surface area contributed by atoms with Crippen molar-refractivity contribution in [2.75, 3.05) is 33.4 Å². The molecule has 0 aliphatic carbocycles. The van der Waals surface area contributed by atoms with Gasteiger partial charge in [0.1, 0.15) is 11.6 Å². The first kappa shape index (κ1) is 27.3. The maximum Gasteiger partial charge on any atom is 0.288 e. The van der Waals surface area contributed by atoms with Crippen molar-refractivity contribution in [1.29, 1.82) is 0 Å². The van der Waals surface area contributed by atoms with Crippen LogP contribution in [0.1, 0.15) is 32.4 Å². The Morgan fingerprint density at radius 2 is 1.92 bits per heavy atom. The highest BCUT2D eigenvalue weighted by Gasteiger charge is 2.35. The fourth-order valence-electron chi connectivity index (χ4n) is 4.32. The van der Waals surface area contributed by atoms with Gasteiger partial charge in [-0.25, -0.2) is 0 Å². The second-order valence-corrected chi connectivity index (χ2v) is 10.6. The number of halogens is 3. The highest BCUT2D eigenvalue weighted by molar-refractivity contribution is 7.10. The molecule has 0 saturated heterocycles. The summed E-state index contributed by atoms with van der Waals surface area (Å²) in [4.78, 5) is 41.9. The Morgan fingerprint density at radius 3 is 2.62 bits per heavy atom. The van der Waals surface area contributed by atoms with Crippen LogP contribution in [-0.2, 0) is 16.0 Å². The monoisotopic (exact) mass is 581 g/mol. The molecule has 1 aromatic heterocycles. The van der Waals surface area contributed by atoms with Crippen molar-refractivity contribution in [3.05, 3.63) is 94.6 Å². The zero-order valence-electron chi connectivity index (χ0n) is 19.7. The van der Waals surface area contributed by atoms with E-state index in [1.807, 2.05) is 17.5 Å². The summed E-state index contributed by atoms with van der Waals surface area (Å²) in [6.07, 6.45) is 0.676. The van der Waals surface area contributed by atoms with Gasteiger partial charge in [-0.3, -0.25) is 19.7 Å². The second kappa shape index (κ2) is 11.8. The van der Waals surface area contributed by atoms with Crippen LogP contribution < -0.4 is 0 Å². The molecule has 3 aromatic rings. The number of nitrogens with zero attached hydrogens (tertiary/aromatic N) is 3. The maximum atomic E-state index is 13.7. The molecule has 2 aromatic carbocycles. The summed E-state index contributed by atoms with van der Waals surface area (Å²) in [6.45, 7) is 0.478. The zero-order valence-corrected chi connectivity index (χ0v) is 22.7. The van der Waals surface area contributed by atoms with Gasteiger partial charge in [-0.15, -0.1) is 11.3 Å². The Hall–Kier alpha value is -2.69. The second-order valence-electron chi connectivity index (χ2n) is 8.35. The molecule has 8 nitrogen and oxygen atoms in total. The molecule has 12 heteroatoms. The normalized spacial score (nSPS) is 14.8. The Balaban J connectivity index is 1.65. The van der Waals surface area contributed by atoms with Crippen LogP contribution in [-0.4, -0.2) is 59.9 Å². The van der Waals surface area contributed by atoms with E-state index in [0.29, 0.717) is 23.0 Å². The number of hydrogen-bond donors (Lipinski definition) is 0. The van der Waals surface area contributed by atoms with E-state index >= 15 is 0 Å². The van der Waals surface area contributed by atoms with Gasteiger partial charge in [0.15, 0.2) is 0 Å². The molecule has 0 fully saturated rings. The van der Waals surface area contributed by atoms with Crippen LogP contribution in [0.3, 0.4) is 0 Å². The molecular formula is C25H22Cl3N3O5S. The van der Waals surface area contributed by atoms with Crippen molar-refractivity contribution in [2.24, 2.45) is 0 Å². The maximum absolute atomic E-state index is 13.7. The number of nitro benzene ring substituents is 1. The largest absolute Gasteiger partial charge is 0.383 e. The molecule has 0 radical (unpaired) electrons. The van der Waals surface area contributed by atoms with Gasteiger partial charge in [0, 0.05) is 46.8 Å². The third kappa shape index (κ3) is 5.91. The van der Waals surface area contributed by atoms with Gasteiger partial charge < -0.3 is 14.5 Å². The number of methoxy groups -OCH3 is 1. The predicted octanol–water partition coefficient (Wildman–Crippen LogP) is 5.88. The molecule has 0 bridgehead atoms. The van der Waals surface area contributed by atoms with E-state index in [0.717, 1.165) is 17.2 Å². The van der Waals surface area contributed by atoms with Crippen LogP contribution in [0.4, 0.5) is 5.69 Å². The van der Waals surface area contributed by atoms with E-state index in [1.165, 1.54) is 29.0 Å². The Labute approximate surface area is 232 Å². The number of ether oxygens (including phenoxy) is 1. The van der Waals surface area contributed by atoms with Crippen molar-refractivity contribution in [3.63, 3.8) is 0 Å². The minimum atomic E-state index is -0.656. The lowest BCUT2D eigenvalue weighted by Crippen LogP contribution is -2.47. The lowest BCUT2D eigenvalue weighted by molar-refractivity contribution is -0.384. The van der Waals surface area contributed by atoms with E-state index in [1.54, 1.807) is 28.4 Å². The molecule has 4 rings (SSSR count). The molecule has 37 heavy (non-hydrogen) atoms. The van der Waals surface area contributed by atoms with E-state index < -0.39 is 16.9 Å². The molecule has 1 aliphatic heterocycles. The quantitative estimate of drug-likeness (QED) is 0.244. The first-order valence-corrected chi connectivity index (χ1v) is 13.3. The Morgan fingerprint density at radius 1 is 1.14 bits per heavy atom. The van der Waals surface area contributed by atoms with Crippen molar-refractivity contribution >= 4 is 63.6 Å². The average molecular weight is 583 g/mol. The van der Waals surface area contributed by atoms with Crippen molar-refractivity contribution in [2.45, 2.75) is 12.5 Å². The third-order valence-electron chi connectivity index (χ3n) is 6.11. The number of rotatable bonds is 8. The fraction of sp³-hybridized carbons (Fsp3) is 0.280. The van der Waals surface area contributed by atoms with E-state index in [4.69, 9.17) is 39.5 Å². The van der Waals surface area contributed by atoms with E-state index in [2.05, 4.69) is 0 Å². The number of benzene rings is 2. The van der Waals surface area contributed by atoms with Gasteiger partial charge in [-0.05, 0) is 53.3 Å². The third-order valence-corrected chi connectivity index (χ3v) is 7.99. The van der Waals surface area contributed by atoms with Gasteiger partial charge in [0.2, 0.25) is 5.91 Å². The minimum absolute atomic E-state index is 0.0519. The molecular weight excluding hydrogens is 561 g/mol.